The number of thioether (sulfide) groups is 1. The molecule has 0 atom stereocenters. The Labute approximate surface area is 188 Å². The van der Waals surface area contributed by atoms with Crippen molar-refractivity contribution in [1.29, 1.82) is 0 Å². The molecule has 0 radical (unpaired) electrons. The second-order valence-electron chi connectivity index (χ2n) is 8.24. The molecular formula is C24H30N4O2S. The number of likely N-dealkylation sites (tertiary alicyclic amines) is 1. The van der Waals surface area contributed by atoms with Crippen LogP contribution in [0.2, 0.25) is 0 Å². The Morgan fingerprint density at radius 2 is 1.81 bits per heavy atom. The van der Waals surface area contributed by atoms with E-state index in [1.807, 2.05) is 47.6 Å². The van der Waals surface area contributed by atoms with Crippen LogP contribution in [0, 0.1) is 5.92 Å². The number of hydrogen-bond donors (Lipinski definition) is 1. The van der Waals surface area contributed by atoms with Gasteiger partial charge in [0, 0.05) is 54.4 Å². The van der Waals surface area contributed by atoms with Crippen LogP contribution in [0.3, 0.4) is 0 Å². The molecule has 0 saturated carbocycles. The lowest BCUT2D eigenvalue weighted by Gasteiger charge is -2.32. The van der Waals surface area contributed by atoms with Gasteiger partial charge in [0.2, 0.25) is 5.91 Å². The third-order valence-electron chi connectivity index (χ3n) is 6.16. The Kier molecular flexibility index (Phi) is 7.12. The Balaban J connectivity index is 1.34. The number of nitrogens with zero attached hydrogens (tertiary/aromatic N) is 3. The van der Waals surface area contributed by atoms with Crippen molar-refractivity contribution in [2.45, 2.75) is 37.0 Å². The van der Waals surface area contributed by atoms with Gasteiger partial charge in [-0.2, -0.15) is 0 Å². The van der Waals surface area contributed by atoms with E-state index >= 15 is 0 Å². The highest BCUT2D eigenvalue weighted by Crippen LogP contribution is 2.25. The van der Waals surface area contributed by atoms with Gasteiger partial charge in [-0.1, -0.05) is 6.07 Å². The zero-order valence-corrected chi connectivity index (χ0v) is 18.9. The van der Waals surface area contributed by atoms with Crippen molar-refractivity contribution in [1.82, 2.24) is 9.88 Å². The zero-order valence-electron chi connectivity index (χ0n) is 18.0. The van der Waals surface area contributed by atoms with E-state index in [1.165, 1.54) is 6.42 Å². The van der Waals surface area contributed by atoms with Crippen LogP contribution < -0.4 is 10.2 Å². The fourth-order valence-corrected chi connectivity index (χ4v) is 4.78. The first kappa shape index (κ1) is 21.7. The second-order valence-corrected chi connectivity index (χ2v) is 9.12. The average molecular weight is 439 g/mol. The lowest BCUT2D eigenvalue weighted by Crippen LogP contribution is -2.39. The van der Waals surface area contributed by atoms with Crippen LogP contribution in [0.5, 0.6) is 0 Å². The van der Waals surface area contributed by atoms with Gasteiger partial charge in [0.05, 0.1) is 0 Å². The van der Waals surface area contributed by atoms with E-state index in [9.17, 15) is 9.59 Å². The standard InChI is InChI=1S/C24H30N4O2S/c1-31-21-7-5-6-20(17-21)26-23(29)18-9-14-27(15-10-18)22-16-19(8-11-25-22)24(30)28-12-3-2-4-13-28/h5-8,11,16-18H,2-4,9-10,12-15H2,1H3,(H,26,29). The van der Waals surface area contributed by atoms with E-state index in [0.29, 0.717) is 5.56 Å². The summed E-state index contributed by atoms with van der Waals surface area (Å²) in [5.41, 5.74) is 1.56. The van der Waals surface area contributed by atoms with Gasteiger partial charge in [0.1, 0.15) is 5.82 Å². The number of pyridine rings is 1. The largest absolute Gasteiger partial charge is 0.357 e. The molecule has 1 N–H and O–H groups in total. The molecule has 2 aliphatic heterocycles. The summed E-state index contributed by atoms with van der Waals surface area (Å²) in [6, 6.07) is 11.7. The topological polar surface area (TPSA) is 65.5 Å². The first-order chi connectivity index (χ1) is 15.1. The van der Waals surface area contributed by atoms with E-state index in [2.05, 4.69) is 15.2 Å². The highest BCUT2D eigenvalue weighted by atomic mass is 32.2. The van der Waals surface area contributed by atoms with E-state index in [4.69, 9.17) is 0 Å². The van der Waals surface area contributed by atoms with Crippen molar-refractivity contribution in [2.75, 3.05) is 42.7 Å². The maximum Gasteiger partial charge on any atom is 0.254 e. The lowest BCUT2D eigenvalue weighted by molar-refractivity contribution is -0.120. The van der Waals surface area contributed by atoms with Gasteiger partial charge in [-0.15, -0.1) is 11.8 Å². The van der Waals surface area contributed by atoms with Crippen LogP contribution in [0.1, 0.15) is 42.5 Å². The van der Waals surface area contributed by atoms with E-state index in [-0.39, 0.29) is 17.7 Å². The molecule has 7 heteroatoms. The molecule has 2 saturated heterocycles. The van der Waals surface area contributed by atoms with E-state index in [0.717, 1.165) is 68.3 Å². The molecule has 4 rings (SSSR count). The predicted octanol–water partition coefficient (Wildman–Crippen LogP) is 4.28. The molecule has 1 aromatic heterocycles. The van der Waals surface area contributed by atoms with Gasteiger partial charge < -0.3 is 15.1 Å². The van der Waals surface area contributed by atoms with Crippen molar-refractivity contribution in [3.8, 4) is 0 Å². The molecule has 164 valence electrons. The summed E-state index contributed by atoms with van der Waals surface area (Å²) in [4.78, 5) is 35.3. The minimum absolute atomic E-state index is 0.00708. The minimum atomic E-state index is -0.00708. The number of aromatic nitrogens is 1. The van der Waals surface area contributed by atoms with Crippen molar-refractivity contribution < 1.29 is 9.59 Å². The number of hydrogen-bond acceptors (Lipinski definition) is 5. The molecule has 6 nitrogen and oxygen atoms in total. The van der Waals surface area contributed by atoms with Crippen LogP contribution in [0.4, 0.5) is 11.5 Å². The van der Waals surface area contributed by atoms with E-state index in [1.54, 1.807) is 18.0 Å². The monoisotopic (exact) mass is 438 g/mol. The zero-order chi connectivity index (χ0) is 21.6. The molecule has 31 heavy (non-hydrogen) atoms. The molecule has 2 aliphatic rings. The summed E-state index contributed by atoms with van der Waals surface area (Å²) in [6.07, 6.45) is 8.68. The highest BCUT2D eigenvalue weighted by Gasteiger charge is 2.26. The first-order valence-corrected chi connectivity index (χ1v) is 12.3. The van der Waals surface area contributed by atoms with Gasteiger partial charge in [0.15, 0.2) is 0 Å². The van der Waals surface area contributed by atoms with E-state index < -0.39 is 0 Å². The van der Waals surface area contributed by atoms with Gasteiger partial charge >= 0.3 is 0 Å². The normalized spacial score (nSPS) is 17.5. The molecule has 0 spiro atoms. The number of rotatable bonds is 5. The summed E-state index contributed by atoms with van der Waals surface area (Å²) in [6.45, 7) is 3.21. The van der Waals surface area contributed by atoms with Gasteiger partial charge in [-0.25, -0.2) is 4.98 Å². The number of carbonyl (C=O) groups excluding carboxylic acids is 2. The SMILES string of the molecule is CSc1cccc(NC(=O)C2CCN(c3cc(C(=O)N4CCCCC4)ccn3)CC2)c1. The Bertz CT molecular complexity index is 921. The summed E-state index contributed by atoms with van der Waals surface area (Å²) in [7, 11) is 0. The molecule has 2 aromatic rings. The van der Waals surface area contributed by atoms with Gasteiger partial charge in [-0.05, 0) is 68.7 Å². The van der Waals surface area contributed by atoms with Crippen LogP contribution in [-0.4, -0.2) is 54.1 Å². The third kappa shape index (κ3) is 5.39. The molecule has 0 unspecified atom stereocenters. The Morgan fingerprint density at radius 1 is 1.03 bits per heavy atom. The summed E-state index contributed by atoms with van der Waals surface area (Å²) in [5.74, 6) is 1.01. The quantitative estimate of drug-likeness (QED) is 0.706. The lowest BCUT2D eigenvalue weighted by atomic mass is 9.95. The second kappa shape index (κ2) is 10.2. The number of nitrogens with one attached hydrogen (secondary N) is 1. The van der Waals surface area contributed by atoms with Crippen molar-refractivity contribution >= 4 is 35.1 Å². The van der Waals surface area contributed by atoms with Crippen molar-refractivity contribution in [3.63, 3.8) is 0 Å². The van der Waals surface area contributed by atoms with Crippen LogP contribution in [0.25, 0.3) is 0 Å². The Hall–Kier alpha value is -2.54. The van der Waals surface area contributed by atoms with Crippen molar-refractivity contribution in [2.24, 2.45) is 5.92 Å². The summed E-state index contributed by atoms with van der Waals surface area (Å²) >= 11 is 1.66. The average Bonchev–Trinajstić information content (AvgIpc) is 2.84. The van der Waals surface area contributed by atoms with Crippen LogP contribution in [0.15, 0.2) is 47.5 Å². The number of anilines is 2. The molecule has 2 amide bonds. The maximum absolute atomic E-state index is 12.8. The third-order valence-corrected chi connectivity index (χ3v) is 6.89. The first-order valence-electron chi connectivity index (χ1n) is 11.1. The summed E-state index contributed by atoms with van der Waals surface area (Å²) < 4.78 is 0. The molecule has 0 aliphatic carbocycles. The smallest absolute Gasteiger partial charge is 0.254 e. The van der Waals surface area contributed by atoms with Gasteiger partial charge in [0.25, 0.3) is 5.91 Å². The predicted molar refractivity (Wildman–Crippen MR) is 126 cm³/mol. The summed E-state index contributed by atoms with van der Waals surface area (Å²) in [5, 5.41) is 3.06. The fourth-order valence-electron chi connectivity index (χ4n) is 4.32. The highest BCUT2D eigenvalue weighted by molar-refractivity contribution is 7.98. The van der Waals surface area contributed by atoms with Crippen LogP contribution in [-0.2, 0) is 4.79 Å². The molecular weight excluding hydrogens is 408 g/mol. The Morgan fingerprint density at radius 3 is 2.55 bits per heavy atom. The molecule has 3 heterocycles. The minimum Gasteiger partial charge on any atom is -0.357 e. The van der Waals surface area contributed by atoms with Gasteiger partial charge in [-0.3, -0.25) is 9.59 Å². The number of amides is 2. The number of piperidine rings is 2. The number of benzene rings is 1. The maximum atomic E-state index is 12.8. The molecule has 1 aromatic carbocycles. The fraction of sp³-hybridized carbons (Fsp3) is 0.458. The molecule has 0 bridgehead atoms. The van der Waals surface area contributed by atoms with Crippen molar-refractivity contribution in [3.05, 3.63) is 48.2 Å². The van der Waals surface area contributed by atoms with Crippen LogP contribution >= 0.6 is 11.8 Å². The molecule has 2 fully saturated rings. The number of carbonyl (C=O) groups is 2.